The van der Waals surface area contributed by atoms with Crippen LogP contribution in [0.2, 0.25) is 0 Å². The lowest BCUT2D eigenvalue weighted by Gasteiger charge is -2.31. The summed E-state index contributed by atoms with van der Waals surface area (Å²) in [6, 6.07) is 8.17. The fourth-order valence-electron chi connectivity index (χ4n) is 2.98. The van der Waals surface area contributed by atoms with E-state index in [0.717, 1.165) is 61.9 Å². The molecule has 128 valence electrons. The molecule has 1 saturated heterocycles. The molecule has 5 nitrogen and oxygen atoms in total. The van der Waals surface area contributed by atoms with Gasteiger partial charge in [-0.05, 0) is 31.2 Å². The average molecular weight is 327 g/mol. The molecule has 5 heteroatoms. The van der Waals surface area contributed by atoms with Crippen LogP contribution in [0.1, 0.15) is 11.3 Å². The molecule has 3 rings (SSSR count). The van der Waals surface area contributed by atoms with Crippen LogP contribution in [0.4, 0.5) is 0 Å². The predicted octanol–water partition coefficient (Wildman–Crippen LogP) is 2.83. The normalized spacial score (nSPS) is 16.2. The lowest BCUT2D eigenvalue weighted by Crippen LogP contribution is -2.43. The summed E-state index contributed by atoms with van der Waals surface area (Å²) in [6.45, 7) is 8.90. The van der Waals surface area contributed by atoms with E-state index in [1.807, 2.05) is 24.3 Å². The fraction of sp³-hybridized carbons (Fsp3) is 0.421. The number of ether oxygens (including phenoxy) is 1. The molecule has 24 heavy (non-hydrogen) atoms. The molecular weight excluding hydrogens is 302 g/mol. The van der Waals surface area contributed by atoms with E-state index in [9.17, 15) is 0 Å². The van der Waals surface area contributed by atoms with Crippen LogP contribution in [0, 0.1) is 0 Å². The van der Waals surface area contributed by atoms with Gasteiger partial charge in [0.15, 0.2) is 5.76 Å². The van der Waals surface area contributed by atoms with Crippen molar-refractivity contribution in [1.82, 2.24) is 15.0 Å². The Morgan fingerprint density at radius 3 is 2.75 bits per heavy atom. The van der Waals surface area contributed by atoms with Gasteiger partial charge in [-0.25, -0.2) is 0 Å². The Bertz CT molecular complexity index is 688. The van der Waals surface area contributed by atoms with Gasteiger partial charge in [0.2, 0.25) is 0 Å². The Labute approximate surface area is 143 Å². The zero-order valence-electron chi connectivity index (χ0n) is 14.5. The largest absolute Gasteiger partial charge is 0.496 e. The van der Waals surface area contributed by atoms with E-state index in [-0.39, 0.29) is 0 Å². The SMILES string of the molecule is C=CCc1ccc(-c2cc(CN3CCN(C)CC3)on2)c(OC)c1. The molecule has 0 radical (unpaired) electrons. The second kappa shape index (κ2) is 7.64. The number of rotatable bonds is 6. The van der Waals surface area contributed by atoms with E-state index in [1.54, 1.807) is 7.11 Å². The number of methoxy groups -OCH3 is 1. The molecule has 0 saturated carbocycles. The molecule has 0 atom stereocenters. The van der Waals surface area contributed by atoms with Crippen LogP contribution >= 0.6 is 0 Å². The minimum atomic E-state index is 0.803. The monoisotopic (exact) mass is 327 g/mol. The molecular formula is C19H25N3O2. The molecule has 1 aromatic heterocycles. The van der Waals surface area contributed by atoms with Crippen LogP contribution in [0.25, 0.3) is 11.3 Å². The molecule has 0 aliphatic carbocycles. The van der Waals surface area contributed by atoms with Gasteiger partial charge in [0.1, 0.15) is 11.4 Å². The van der Waals surface area contributed by atoms with E-state index < -0.39 is 0 Å². The second-order valence-electron chi connectivity index (χ2n) is 6.29. The third-order valence-corrected chi connectivity index (χ3v) is 4.46. The van der Waals surface area contributed by atoms with Crippen LogP contribution in [-0.2, 0) is 13.0 Å². The van der Waals surface area contributed by atoms with Crippen LogP contribution in [0.5, 0.6) is 5.75 Å². The zero-order valence-corrected chi connectivity index (χ0v) is 14.5. The van der Waals surface area contributed by atoms with Crippen molar-refractivity contribution in [1.29, 1.82) is 0 Å². The summed E-state index contributed by atoms with van der Waals surface area (Å²) in [6.07, 6.45) is 2.71. The number of allylic oxidation sites excluding steroid dienone is 1. The number of likely N-dealkylation sites (N-methyl/N-ethyl adjacent to an activating group) is 1. The minimum absolute atomic E-state index is 0.803. The first-order valence-corrected chi connectivity index (χ1v) is 8.34. The number of nitrogens with zero attached hydrogens (tertiary/aromatic N) is 3. The molecule has 1 fully saturated rings. The van der Waals surface area contributed by atoms with E-state index in [1.165, 1.54) is 5.56 Å². The number of aromatic nitrogens is 1. The van der Waals surface area contributed by atoms with Gasteiger partial charge in [-0.15, -0.1) is 6.58 Å². The van der Waals surface area contributed by atoms with Gasteiger partial charge in [0.05, 0.1) is 13.7 Å². The third kappa shape index (κ3) is 3.86. The summed E-state index contributed by atoms with van der Waals surface area (Å²) in [7, 11) is 3.84. The van der Waals surface area contributed by atoms with Gasteiger partial charge in [-0.3, -0.25) is 4.90 Å². The zero-order chi connectivity index (χ0) is 16.9. The number of benzene rings is 1. The maximum atomic E-state index is 5.55. The van der Waals surface area contributed by atoms with E-state index >= 15 is 0 Å². The van der Waals surface area contributed by atoms with E-state index in [4.69, 9.17) is 9.26 Å². The standard InChI is InChI=1S/C19H25N3O2/c1-4-5-15-6-7-17(19(12-15)23-3)18-13-16(24-20-18)14-22-10-8-21(2)9-11-22/h4,6-7,12-13H,1,5,8-11,14H2,2-3H3. The van der Waals surface area contributed by atoms with Gasteiger partial charge < -0.3 is 14.2 Å². The van der Waals surface area contributed by atoms with Gasteiger partial charge in [0.25, 0.3) is 0 Å². The number of hydrogen-bond acceptors (Lipinski definition) is 5. The van der Waals surface area contributed by atoms with Gasteiger partial charge >= 0.3 is 0 Å². The first kappa shape index (κ1) is 16.7. The Kier molecular flexibility index (Phi) is 5.33. The predicted molar refractivity (Wildman–Crippen MR) is 95.2 cm³/mol. The third-order valence-electron chi connectivity index (χ3n) is 4.46. The van der Waals surface area contributed by atoms with Gasteiger partial charge in [-0.1, -0.05) is 17.3 Å². The molecule has 0 bridgehead atoms. The van der Waals surface area contributed by atoms with E-state index in [0.29, 0.717) is 0 Å². The highest BCUT2D eigenvalue weighted by molar-refractivity contribution is 5.67. The molecule has 0 amide bonds. The van der Waals surface area contributed by atoms with Gasteiger partial charge in [0, 0.05) is 37.8 Å². The number of piperazine rings is 1. The maximum absolute atomic E-state index is 5.55. The highest BCUT2D eigenvalue weighted by Gasteiger charge is 2.17. The van der Waals surface area contributed by atoms with Crippen molar-refractivity contribution in [3.8, 4) is 17.0 Å². The first-order valence-electron chi connectivity index (χ1n) is 8.34. The Balaban J connectivity index is 1.74. The van der Waals surface area contributed by atoms with Crippen molar-refractivity contribution in [2.45, 2.75) is 13.0 Å². The van der Waals surface area contributed by atoms with Crippen molar-refractivity contribution < 1.29 is 9.26 Å². The van der Waals surface area contributed by atoms with Crippen LogP contribution < -0.4 is 4.74 Å². The van der Waals surface area contributed by atoms with Crippen molar-refractivity contribution >= 4 is 0 Å². The molecule has 1 aromatic carbocycles. The maximum Gasteiger partial charge on any atom is 0.151 e. The van der Waals surface area contributed by atoms with Crippen molar-refractivity contribution in [3.63, 3.8) is 0 Å². The molecule has 0 unspecified atom stereocenters. The van der Waals surface area contributed by atoms with Crippen LogP contribution in [-0.4, -0.2) is 55.3 Å². The highest BCUT2D eigenvalue weighted by atomic mass is 16.5. The summed E-state index contributed by atoms with van der Waals surface area (Å²) >= 11 is 0. The highest BCUT2D eigenvalue weighted by Crippen LogP contribution is 2.31. The summed E-state index contributed by atoms with van der Waals surface area (Å²) < 4.78 is 11.1. The minimum Gasteiger partial charge on any atom is -0.496 e. The van der Waals surface area contributed by atoms with E-state index in [2.05, 4.69) is 34.6 Å². The summed E-state index contributed by atoms with van der Waals surface area (Å²) in [5, 5.41) is 4.24. The van der Waals surface area contributed by atoms with Crippen molar-refractivity contribution in [2.75, 3.05) is 40.3 Å². The lowest BCUT2D eigenvalue weighted by atomic mass is 10.1. The Morgan fingerprint density at radius 1 is 1.25 bits per heavy atom. The smallest absolute Gasteiger partial charge is 0.151 e. The summed E-state index contributed by atoms with van der Waals surface area (Å²) in [5.74, 6) is 1.71. The molecule has 2 aromatic rings. The molecule has 0 spiro atoms. The van der Waals surface area contributed by atoms with Crippen LogP contribution in [0.3, 0.4) is 0 Å². The quantitative estimate of drug-likeness (QED) is 0.763. The molecule has 2 heterocycles. The van der Waals surface area contributed by atoms with Crippen molar-refractivity contribution in [3.05, 3.63) is 48.2 Å². The first-order chi connectivity index (χ1) is 11.7. The second-order valence-corrected chi connectivity index (χ2v) is 6.29. The average Bonchev–Trinajstić information content (AvgIpc) is 3.05. The van der Waals surface area contributed by atoms with Gasteiger partial charge in [-0.2, -0.15) is 0 Å². The topological polar surface area (TPSA) is 41.7 Å². The number of hydrogen-bond donors (Lipinski definition) is 0. The summed E-state index contributed by atoms with van der Waals surface area (Å²) in [5.41, 5.74) is 2.95. The molecule has 1 aliphatic heterocycles. The van der Waals surface area contributed by atoms with Crippen LogP contribution in [0.15, 0.2) is 41.4 Å². The van der Waals surface area contributed by atoms with Crippen molar-refractivity contribution in [2.24, 2.45) is 0 Å². The summed E-state index contributed by atoms with van der Waals surface area (Å²) in [4.78, 5) is 4.74. The molecule has 1 aliphatic rings. The lowest BCUT2D eigenvalue weighted by molar-refractivity contribution is 0.137. The molecule has 0 N–H and O–H groups in total. The fourth-order valence-corrected chi connectivity index (χ4v) is 2.98. The Morgan fingerprint density at radius 2 is 2.04 bits per heavy atom. The Hall–Kier alpha value is -2.11.